The lowest BCUT2D eigenvalue weighted by molar-refractivity contribution is -0.658. The van der Waals surface area contributed by atoms with Crippen molar-refractivity contribution in [3.63, 3.8) is 0 Å². The molecule has 2 heterocycles. The first kappa shape index (κ1) is 19.8. The molecule has 2 aliphatic rings. The molecule has 0 aromatic heterocycles. The second kappa shape index (κ2) is 8.11. The van der Waals surface area contributed by atoms with Crippen LogP contribution in [-0.2, 0) is 17.6 Å². The zero-order valence-electron chi connectivity index (χ0n) is 16.5. The predicted molar refractivity (Wildman–Crippen MR) is 113 cm³/mol. The summed E-state index contributed by atoms with van der Waals surface area (Å²) < 4.78 is 0. The molecule has 1 amide bonds. The molecule has 156 valence electrons. The third kappa shape index (κ3) is 3.71. The Bertz CT molecular complexity index is 947. The summed E-state index contributed by atoms with van der Waals surface area (Å²) in [6, 6.07) is 15.1. The smallest absolute Gasteiger partial charge is 0.245 e. The number of aryl methyl sites for hydroxylation is 2. The van der Waals surface area contributed by atoms with Crippen molar-refractivity contribution < 1.29 is 9.83 Å². The third-order valence-electron chi connectivity index (χ3n) is 5.78. The van der Waals surface area contributed by atoms with Crippen molar-refractivity contribution >= 4 is 23.1 Å². The van der Waals surface area contributed by atoms with E-state index in [1.54, 1.807) is 9.80 Å². The Labute approximate surface area is 174 Å². The molecular formula is C21H24N6O3. The number of amides is 1. The summed E-state index contributed by atoms with van der Waals surface area (Å²) in [5, 5.41) is 19.6. The molecule has 1 unspecified atom stereocenters. The number of carbonyl (C=O) groups excluding carboxylic acids is 1. The molecule has 0 aliphatic carbocycles. The number of piperazine rings is 1. The number of nitrogens with one attached hydrogen (secondary N) is 1. The fourth-order valence-corrected chi connectivity index (χ4v) is 4.23. The number of nitro groups is 1. The second-order valence-corrected chi connectivity index (χ2v) is 7.58. The number of anilines is 2. The lowest BCUT2D eigenvalue weighted by Gasteiger charge is -2.37. The number of para-hydroxylation sites is 2. The highest BCUT2D eigenvalue weighted by molar-refractivity contribution is 6.03. The maximum absolute atomic E-state index is 13.6. The van der Waals surface area contributed by atoms with Crippen LogP contribution in [0.3, 0.4) is 0 Å². The summed E-state index contributed by atoms with van der Waals surface area (Å²) in [5.41, 5.74) is 9.63. The van der Waals surface area contributed by atoms with Gasteiger partial charge in [-0.3, -0.25) is 20.0 Å². The van der Waals surface area contributed by atoms with Crippen LogP contribution in [0.25, 0.3) is 0 Å². The first-order valence-electron chi connectivity index (χ1n) is 9.91. The van der Waals surface area contributed by atoms with Crippen molar-refractivity contribution in [3.8, 4) is 0 Å². The molecule has 0 spiro atoms. The van der Waals surface area contributed by atoms with Gasteiger partial charge in [-0.05, 0) is 36.1 Å². The summed E-state index contributed by atoms with van der Waals surface area (Å²) in [6.07, 6.45) is 1.68. The van der Waals surface area contributed by atoms with Gasteiger partial charge in [0.15, 0.2) is 5.03 Å². The summed E-state index contributed by atoms with van der Waals surface area (Å²) in [7, 11) is 0. The lowest BCUT2D eigenvalue weighted by Crippen LogP contribution is -2.60. The molecule has 2 aromatic carbocycles. The van der Waals surface area contributed by atoms with Crippen LogP contribution in [0.4, 0.5) is 11.4 Å². The molecule has 0 bridgehead atoms. The van der Waals surface area contributed by atoms with Crippen molar-refractivity contribution in [2.24, 2.45) is 5.73 Å². The SMILES string of the molecule is N=C(N)C1CN([N+](=O)[O-])CCN1CC(=O)N1c2ccccc2CCc2ccccc21. The van der Waals surface area contributed by atoms with Crippen molar-refractivity contribution in [3.05, 3.63) is 69.8 Å². The molecule has 1 saturated heterocycles. The van der Waals surface area contributed by atoms with E-state index in [0.29, 0.717) is 0 Å². The van der Waals surface area contributed by atoms with Gasteiger partial charge in [-0.15, -0.1) is 5.01 Å². The van der Waals surface area contributed by atoms with E-state index >= 15 is 0 Å². The zero-order chi connectivity index (χ0) is 21.3. The number of hydrogen-bond donors (Lipinski definition) is 2. The normalized spacial score (nSPS) is 18.9. The molecule has 30 heavy (non-hydrogen) atoms. The number of fused-ring (bicyclic) bond motifs is 2. The molecule has 9 heteroatoms. The van der Waals surface area contributed by atoms with Crippen LogP contribution in [0.15, 0.2) is 48.5 Å². The summed E-state index contributed by atoms with van der Waals surface area (Å²) in [4.78, 5) is 28.2. The molecule has 9 nitrogen and oxygen atoms in total. The van der Waals surface area contributed by atoms with Crippen LogP contribution in [0.5, 0.6) is 0 Å². The number of hydrogen-bond acceptors (Lipinski definition) is 5. The van der Waals surface area contributed by atoms with Crippen molar-refractivity contribution in [2.75, 3.05) is 31.1 Å². The zero-order valence-corrected chi connectivity index (χ0v) is 16.5. The molecule has 0 radical (unpaired) electrons. The maximum Gasteiger partial charge on any atom is 0.245 e. The Kier molecular flexibility index (Phi) is 5.37. The van der Waals surface area contributed by atoms with Crippen LogP contribution in [0, 0.1) is 15.5 Å². The number of nitrogens with zero attached hydrogens (tertiary/aromatic N) is 4. The minimum Gasteiger partial charge on any atom is -0.386 e. The number of carbonyl (C=O) groups is 1. The number of nitrogens with two attached hydrogens (primary N) is 1. The molecule has 0 saturated carbocycles. The molecule has 4 rings (SSSR count). The fourth-order valence-electron chi connectivity index (χ4n) is 4.23. The molecule has 2 aliphatic heterocycles. The van der Waals surface area contributed by atoms with Gasteiger partial charge in [-0.1, -0.05) is 36.4 Å². The Morgan fingerprint density at radius 1 is 1.07 bits per heavy atom. The standard InChI is InChI=1S/C21H24N6O3/c22-21(23)19-13-25(27(29)30)12-11-24(19)14-20(28)26-17-7-3-1-5-15(17)9-10-16-6-2-4-8-18(16)26/h1-8,19H,9-14H2,(H3,22,23). The summed E-state index contributed by atoms with van der Waals surface area (Å²) >= 11 is 0. The highest BCUT2D eigenvalue weighted by atomic mass is 16.7. The molecule has 1 atom stereocenters. The summed E-state index contributed by atoms with van der Waals surface area (Å²) in [5.74, 6) is -0.316. The van der Waals surface area contributed by atoms with E-state index < -0.39 is 11.1 Å². The van der Waals surface area contributed by atoms with Crippen LogP contribution in [-0.4, -0.2) is 58.9 Å². The second-order valence-electron chi connectivity index (χ2n) is 7.58. The predicted octanol–water partition coefficient (Wildman–Crippen LogP) is 1.56. The fraction of sp³-hybridized carbons (Fsp3) is 0.333. The van der Waals surface area contributed by atoms with Gasteiger partial charge in [-0.25, -0.2) is 10.1 Å². The molecule has 3 N–H and O–H groups in total. The van der Waals surface area contributed by atoms with E-state index in [1.807, 2.05) is 48.5 Å². The van der Waals surface area contributed by atoms with Gasteiger partial charge in [0.05, 0.1) is 30.5 Å². The maximum atomic E-state index is 13.6. The first-order chi connectivity index (χ1) is 14.5. The lowest BCUT2D eigenvalue weighted by atomic mass is 10.0. The average molecular weight is 408 g/mol. The minimum absolute atomic E-state index is 0.0111. The molecular weight excluding hydrogens is 384 g/mol. The monoisotopic (exact) mass is 408 g/mol. The highest BCUT2D eigenvalue weighted by Crippen LogP contribution is 2.36. The van der Waals surface area contributed by atoms with Gasteiger partial charge in [-0.2, -0.15) is 0 Å². The van der Waals surface area contributed by atoms with E-state index in [4.69, 9.17) is 11.1 Å². The largest absolute Gasteiger partial charge is 0.386 e. The van der Waals surface area contributed by atoms with Gasteiger partial charge in [0.1, 0.15) is 12.4 Å². The quantitative estimate of drug-likeness (QED) is 0.343. The van der Waals surface area contributed by atoms with Crippen molar-refractivity contribution in [1.29, 1.82) is 5.41 Å². The van der Waals surface area contributed by atoms with Crippen LogP contribution < -0.4 is 10.6 Å². The third-order valence-corrected chi connectivity index (χ3v) is 5.78. The van der Waals surface area contributed by atoms with E-state index in [9.17, 15) is 14.9 Å². The number of hydrazine groups is 1. The van der Waals surface area contributed by atoms with E-state index in [1.165, 1.54) is 0 Å². The Hall–Kier alpha value is -3.46. The molecule has 1 fully saturated rings. The van der Waals surface area contributed by atoms with Crippen LogP contribution in [0.1, 0.15) is 11.1 Å². The topological polar surface area (TPSA) is 120 Å². The number of rotatable bonds is 4. The molecule has 2 aromatic rings. The van der Waals surface area contributed by atoms with Crippen LogP contribution in [0.2, 0.25) is 0 Å². The van der Waals surface area contributed by atoms with E-state index in [2.05, 4.69) is 0 Å². The average Bonchev–Trinajstić information content (AvgIpc) is 2.90. The van der Waals surface area contributed by atoms with Crippen molar-refractivity contribution in [1.82, 2.24) is 9.91 Å². The Morgan fingerprint density at radius 3 is 2.17 bits per heavy atom. The van der Waals surface area contributed by atoms with Gasteiger partial charge < -0.3 is 5.73 Å². The minimum atomic E-state index is -0.675. The summed E-state index contributed by atoms with van der Waals surface area (Å²) in [6.45, 7) is 0.479. The Morgan fingerprint density at radius 2 is 1.63 bits per heavy atom. The highest BCUT2D eigenvalue weighted by Gasteiger charge is 2.36. The number of amidine groups is 1. The van der Waals surface area contributed by atoms with Gasteiger partial charge in [0.25, 0.3) is 0 Å². The Balaban J connectivity index is 1.65. The van der Waals surface area contributed by atoms with Crippen molar-refractivity contribution in [2.45, 2.75) is 18.9 Å². The van der Waals surface area contributed by atoms with Gasteiger partial charge in [0, 0.05) is 6.54 Å². The van der Waals surface area contributed by atoms with E-state index in [0.717, 1.165) is 40.4 Å². The van der Waals surface area contributed by atoms with Gasteiger partial charge in [0.2, 0.25) is 5.91 Å². The van der Waals surface area contributed by atoms with Gasteiger partial charge >= 0.3 is 0 Å². The van der Waals surface area contributed by atoms with E-state index in [-0.39, 0.29) is 37.9 Å². The van der Waals surface area contributed by atoms with Crippen LogP contribution >= 0.6 is 0 Å². The number of benzene rings is 2. The first-order valence-corrected chi connectivity index (χ1v) is 9.91.